The number of halogens is 2. The molecular formula is C17H23FIN5O. The second-order valence-electron chi connectivity index (χ2n) is 6.47. The summed E-state index contributed by atoms with van der Waals surface area (Å²) in [5.41, 5.74) is 1.06. The molecule has 0 atom stereocenters. The SMILES string of the molecule is CN1CC(C(=O)N2CCNCC2)=C(Nc2ccc(I)cc2F)N(C)C1. The molecule has 0 aromatic heterocycles. The van der Waals surface area contributed by atoms with E-state index in [4.69, 9.17) is 0 Å². The first-order chi connectivity index (χ1) is 12.0. The van der Waals surface area contributed by atoms with Crippen molar-refractivity contribution < 1.29 is 9.18 Å². The Kier molecular flexibility index (Phi) is 5.80. The van der Waals surface area contributed by atoms with Crippen molar-refractivity contribution in [3.05, 3.63) is 39.0 Å². The molecule has 25 heavy (non-hydrogen) atoms. The first-order valence-corrected chi connectivity index (χ1v) is 9.38. The standard InChI is InChI=1S/C17H23FIN5O/c1-22-10-13(17(25)24-7-5-20-6-8-24)16(23(2)11-22)21-15-4-3-12(19)9-14(15)18/h3-4,9,20-21H,5-8,10-11H2,1-2H3. The third-order valence-electron chi connectivity index (χ3n) is 4.40. The van der Waals surface area contributed by atoms with Gasteiger partial charge in [-0.1, -0.05) is 0 Å². The normalized spacial score (nSPS) is 19.4. The van der Waals surface area contributed by atoms with Gasteiger partial charge in [0.05, 0.1) is 17.9 Å². The molecule has 2 heterocycles. The fraction of sp³-hybridized carbons (Fsp3) is 0.471. The van der Waals surface area contributed by atoms with Gasteiger partial charge in [-0.2, -0.15) is 0 Å². The zero-order chi connectivity index (χ0) is 18.0. The van der Waals surface area contributed by atoms with E-state index in [0.29, 0.717) is 43.4 Å². The van der Waals surface area contributed by atoms with Crippen molar-refractivity contribution >= 4 is 34.2 Å². The molecule has 1 aromatic rings. The summed E-state index contributed by atoms with van der Waals surface area (Å²) in [5.74, 6) is 0.385. The maximum Gasteiger partial charge on any atom is 0.254 e. The van der Waals surface area contributed by atoms with Gasteiger partial charge in [-0.05, 0) is 47.8 Å². The van der Waals surface area contributed by atoms with Gasteiger partial charge in [0.25, 0.3) is 5.91 Å². The number of hydrogen-bond donors (Lipinski definition) is 2. The molecule has 2 aliphatic heterocycles. The lowest BCUT2D eigenvalue weighted by atomic mass is 10.1. The molecular weight excluding hydrogens is 436 g/mol. The van der Waals surface area contributed by atoms with Crippen LogP contribution in [0.1, 0.15) is 0 Å². The number of carbonyl (C=O) groups is 1. The van der Waals surface area contributed by atoms with Gasteiger partial charge in [0.15, 0.2) is 0 Å². The number of nitrogens with one attached hydrogen (secondary N) is 2. The van der Waals surface area contributed by atoms with Crippen molar-refractivity contribution in [2.75, 3.05) is 58.8 Å². The van der Waals surface area contributed by atoms with Gasteiger partial charge in [0.1, 0.15) is 11.6 Å². The second kappa shape index (κ2) is 7.88. The fourth-order valence-corrected chi connectivity index (χ4v) is 3.63. The molecule has 2 aliphatic rings. The average molecular weight is 459 g/mol. The number of amides is 1. The molecule has 0 aliphatic carbocycles. The van der Waals surface area contributed by atoms with E-state index in [1.165, 1.54) is 6.07 Å². The number of benzene rings is 1. The number of anilines is 1. The van der Waals surface area contributed by atoms with Crippen molar-refractivity contribution in [2.24, 2.45) is 0 Å². The quantitative estimate of drug-likeness (QED) is 0.669. The number of carbonyl (C=O) groups excluding carboxylic acids is 1. The Morgan fingerprint density at radius 3 is 2.68 bits per heavy atom. The van der Waals surface area contributed by atoms with Crippen LogP contribution in [0.5, 0.6) is 0 Å². The molecule has 1 amide bonds. The van der Waals surface area contributed by atoms with Crippen LogP contribution < -0.4 is 10.6 Å². The van der Waals surface area contributed by atoms with E-state index in [-0.39, 0.29) is 11.7 Å². The van der Waals surface area contributed by atoms with Crippen LogP contribution in [0.25, 0.3) is 0 Å². The number of likely N-dealkylation sites (N-methyl/N-ethyl adjacent to an activating group) is 1. The Labute approximate surface area is 161 Å². The van der Waals surface area contributed by atoms with Crippen LogP contribution in [0.15, 0.2) is 29.6 Å². The summed E-state index contributed by atoms with van der Waals surface area (Å²) in [5, 5.41) is 6.41. The van der Waals surface area contributed by atoms with Gasteiger partial charge in [-0.3, -0.25) is 9.69 Å². The number of hydrogen-bond acceptors (Lipinski definition) is 5. The van der Waals surface area contributed by atoms with Crippen molar-refractivity contribution in [2.45, 2.75) is 0 Å². The van der Waals surface area contributed by atoms with Crippen LogP contribution in [-0.4, -0.2) is 74.1 Å². The first kappa shape index (κ1) is 18.4. The molecule has 0 unspecified atom stereocenters. The highest BCUT2D eigenvalue weighted by atomic mass is 127. The number of piperazine rings is 1. The molecule has 0 saturated carbocycles. The summed E-state index contributed by atoms with van der Waals surface area (Å²) in [6.07, 6.45) is 0. The molecule has 0 spiro atoms. The summed E-state index contributed by atoms with van der Waals surface area (Å²) in [6.45, 7) is 4.22. The van der Waals surface area contributed by atoms with E-state index in [2.05, 4.69) is 38.1 Å². The molecule has 8 heteroatoms. The number of nitrogens with zero attached hydrogens (tertiary/aromatic N) is 3. The van der Waals surface area contributed by atoms with E-state index < -0.39 is 0 Å². The summed E-state index contributed by atoms with van der Waals surface area (Å²) in [7, 11) is 3.89. The van der Waals surface area contributed by atoms with Crippen LogP contribution in [-0.2, 0) is 4.79 Å². The lowest BCUT2D eigenvalue weighted by Gasteiger charge is -2.38. The highest BCUT2D eigenvalue weighted by molar-refractivity contribution is 14.1. The Balaban J connectivity index is 1.92. The van der Waals surface area contributed by atoms with Crippen LogP contribution in [0, 0.1) is 9.39 Å². The minimum Gasteiger partial charge on any atom is -0.348 e. The molecule has 1 fully saturated rings. The molecule has 3 rings (SSSR count). The van der Waals surface area contributed by atoms with E-state index in [1.807, 2.05) is 30.0 Å². The molecule has 0 bridgehead atoms. The Bertz CT molecular complexity index is 690. The van der Waals surface area contributed by atoms with Crippen molar-refractivity contribution in [3.63, 3.8) is 0 Å². The molecule has 1 aromatic carbocycles. The van der Waals surface area contributed by atoms with Gasteiger partial charge in [0, 0.05) is 43.3 Å². The Morgan fingerprint density at radius 2 is 2.00 bits per heavy atom. The Hall–Kier alpha value is -1.39. The molecule has 0 radical (unpaired) electrons. The molecule has 136 valence electrons. The first-order valence-electron chi connectivity index (χ1n) is 8.30. The van der Waals surface area contributed by atoms with Gasteiger partial charge in [0.2, 0.25) is 0 Å². The monoisotopic (exact) mass is 459 g/mol. The Morgan fingerprint density at radius 1 is 1.28 bits per heavy atom. The van der Waals surface area contributed by atoms with Crippen molar-refractivity contribution in [1.29, 1.82) is 0 Å². The van der Waals surface area contributed by atoms with E-state index in [9.17, 15) is 9.18 Å². The average Bonchev–Trinajstić information content (AvgIpc) is 2.59. The van der Waals surface area contributed by atoms with Crippen LogP contribution in [0.4, 0.5) is 10.1 Å². The fourth-order valence-electron chi connectivity index (χ4n) is 3.18. The summed E-state index contributed by atoms with van der Waals surface area (Å²) in [6, 6.07) is 5.04. The molecule has 2 N–H and O–H groups in total. The lowest BCUT2D eigenvalue weighted by Crippen LogP contribution is -2.51. The maximum absolute atomic E-state index is 14.3. The van der Waals surface area contributed by atoms with E-state index in [0.717, 1.165) is 16.7 Å². The largest absolute Gasteiger partial charge is 0.348 e. The van der Waals surface area contributed by atoms with Crippen LogP contribution >= 0.6 is 22.6 Å². The van der Waals surface area contributed by atoms with Crippen molar-refractivity contribution in [3.8, 4) is 0 Å². The van der Waals surface area contributed by atoms with Crippen LogP contribution in [0.2, 0.25) is 0 Å². The van der Waals surface area contributed by atoms with Gasteiger partial charge >= 0.3 is 0 Å². The minimum atomic E-state index is -0.319. The third-order valence-corrected chi connectivity index (χ3v) is 5.07. The minimum absolute atomic E-state index is 0.0216. The van der Waals surface area contributed by atoms with Crippen molar-refractivity contribution in [1.82, 2.24) is 20.0 Å². The smallest absolute Gasteiger partial charge is 0.254 e. The zero-order valence-corrected chi connectivity index (χ0v) is 16.6. The van der Waals surface area contributed by atoms with Gasteiger partial charge in [-0.15, -0.1) is 0 Å². The zero-order valence-electron chi connectivity index (χ0n) is 14.5. The molecule has 1 saturated heterocycles. The number of rotatable bonds is 3. The maximum atomic E-state index is 14.3. The van der Waals surface area contributed by atoms with E-state index >= 15 is 0 Å². The lowest BCUT2D eigenvalue weighted by molar-refractivity contribution is -0.128. The topological polar surface area (TPSA) is 50.9 Å². The predicted molar refractivity (Wildman–Crippen MR) is 104 cm³/mol. The highest BCUT2D eigenvalue weighted by Gasteiger charge is 2.29. The summed E-state index contributed by atoms with van der Waals surface area (Å²) in [4.78, 5) is 18.9. The van der Waals surface area contributed by atoms with Gasteiger partial charge in [-0.25, -0.2) is 4.39 Å². The summed E-state index contributed by atoms with van der Waals surface area (Å²) < 4.78 is 15.1. The highest BCUT2D eigenvalue weighted by Crippen LogP contribution is 2.24. The molecule has 6 nitrogen and oxygen atoms in total. The summed E-state index contributed by atoms with van der Waals surface area (Å²) >= 11 is 2.08. The van der Waals surface area contributed by atoms with Gasteiger partial charge < -0.3 is 20.4 Å². The van der Waals surface area contributed by atoms with E-state index in [1.54, 1.807) is 6.07 Å². The third kappa shape index (κ3) is 4.24. The predicted octanol–water partition coefficient (Wildman–Crippen LogP) is 1.32. The second-order valence-corrected chi connectivity index (χ2v) is 7.72. The van der Waals surface area contributed by atoms with Crippen LogP contribution in [0.3, 0.4) is 0 Å².